The quantitative estimate of drug-likeness (QED) is 0.788. The van der Waals surface area contributed by atoms with Gasteiger partial charge in [0.2, 0.25) is 5.91 Å². The number of β-amino-alcohol motifs (C(OH)–C–C–N with tert-alkyl or cyclic N) is 1. The normalized spacial score (nSPS) is 23.2. The third kappa shape index (κ3) is 3.18. The molecule has 2 rings (SSSR count). The third-order valence-corrected chi connectivity index (χ3v) is 3.67. The van der Waals surface area contributed by atoms with Crippen LogP contribution in [-0.4, -0.2) is 50.7 Å². The van der Waals surface area contributed by atoms with E-state index < -0.39 is 24.0 Å². The van der Waals surface area contributed by atoms with Gasteiger partial charge in [0.1, 0.15) is 6.04 Å². The molecule has 1 amide bonds. The minimum Gasteiger partial charge on any atom is -0.480 e. The van der Waals surface area contributed by atoms with E-state index in [1.165, 1.54) is 22.3 Å². The lowest BCUT2D eigenvalue weighted by atomic mass is 10.2. The Morgan fingerprint density at radius 3 is 2.89 bits per heavy atom. The number of rotatable bonds is 3. The molecule has 1 fully saturated rings. The van der Waals surface area contributed by atoms with Gasteiger partial charge in [0.15, 0.2) is 0 Å². The van der Waals surface area contributed by atoms with Gasteiger partial charge >= 0.3 is 5.97 Å². The lowest BCUT2D eigenvalue weighted by Crippen LogP contribution is -2.39. The fourth-order valence-corrected chi connectivity index (χ4v) is 2.58. The number of carbonyl (C=O) groups is 2. The molecule has 2 atom stereocenters. The van der Waals surface area contributed by atoms with Crippen molar-refractivity contribution in [2.24, 2.45) is 0 Å². The Balaban J connectivity index is 2.06. The van der Waals surface area contributed by atoms with Gasteiger partial charge < -0.3 is 15.1 Å². The zero-order valence-corrected chi connectivity index (χ0v) is 11.1. The van der Waals surface area contributed by atoms with Gasteiger partial charge in [0, 0.05) is 24.4 Å². The highest BCUT2D eigenvalue weighted by molar-refractivity contribution is 7.09. The first-order valence-electron chi connectivity index (χ1n) is 5.79. The van der Waals surface area contributed by atoms with Gasteiger partial charge in [-0.05, 0) is 13.0 Å². The summed E-state index contributed by atoms with van der Waals surface area (Å²) in [5, 5.41) is 21.2. The summed E-state index contributed by atoms with van der Waals surface area (Å²) >= 11 is 1.47. The maximum absolute atomic E-state index is 11.9. The van der Waals surface area contributed by atoms with Crippen LogP contribution in [0.5, 0.6) is 0 Å². The number of hydrogen-bond donors (Lipinski definition) is 2. The summed E-state index contributed by atoms with van der Waals surface area (Å²) in [5.41, 5.74) is 0.669. The molecule has 1 aliphatic rings. The van der Waals surface area contributed by atoms with E-state index >= 15 is 0 Å². The minimum absolute atomic E-state index is 0.0518. The lowest BCUT2D eigenvalue weighted by Gasteiger charge is -2.18. The van der Waals surface area contributed by atoms with Crippen LogP contribution in [0.1, 0.15) is 17.1 Å². The number of carboxylic acids is 1. The largest absolute Gasteiger partial charge is 0.480 e. The lowest BCUT2D eigenvalue weighted by molar-refractivity contribution is -0.146. The van der Waals surface area contributed by atoms with Crippen molar-refractivity contribution in [1.29, 1.82) is 0 Å². The second-order valence-electron chi connectivity index (χ2n) is 4.36. The number of aromatic nitrogens is 1. The van der Waals surface area contributed by atoms with Crippen LogP contribution in [0.25, 0.3) is 6.08 Å². The molecule has 0 aliphatic carbocycles. The van der Waals surface area contributed by atoms with Crippen molar-refractivity contribution in [3.05, 3.63) is 22.2 Å². The average Bonchev–Trinajstić information content (AvgIpc) is 2.92. The molecular formula is C12H14N2O4S. The minimum atomic E-state index is -1.09. The van der Waals surface area contributed by atoms with E-state index in [0.717, 1.165) is 5.01 Å². The van der Waals surface area contributed by atoms with Gasteiger partial charge in [0.05, 0.1) is 16.8 Å². The van der Waals surface area contributed by atoms with Crippen molar-refractivity contribution in [2.75, 3.05) is 6.54 Å². The zero-order valence-electron chi connectivity index (χ0n) is 10.3. The number of aliphatic hydroxyl groups is 1. The van der Waals surface area contributed by atoms with Gasteiger partial charge in [-0.3, -0.25) is 4.79 Å². The molecule has 0 radical (unpaired) electrons. The first kappa shape index (κ1) is 13.7. The smallest absolute Gasteiger partial charge is 0.326 e. The molecule has 1 aliphatic heterocycles. The number of aryl methyl sites for hydroxylation is 1. The van der Waals surface area contributed by atoms with Crippen LogP contribution in [0, 0.1) is 6.92 Å². The van der Waals surface area contributed by atoms with Crippen molar-refractivity contribution >= 4 is 29.3 Å². The van der Waals surface area contributed by atoms with Gasteiger partial charge in [-0.25, -0.2) is 9.78 Å². The summed E-state index contributed by atoms with van der Waals surface area (Å²) in [6, 6.07) is -0.954. The number of carboxylic acid groups (broad SMARTS) is 1. The molecule has 2 N–H and O–H groups in total. The van der Waals surface area contributed by atoms with E-state index in [2.05, 4.69) is 4.98 Å². The Kier molecular flexibility index (Phi) is 3.96. The summed E-state index contributed by atoms with van der Waals surface area (Å²) in [4.78, 5) is 28.3. The molecule has 2 heterocycles. The molecule has 7 heteroatoms. The Hall–Kier alpha value is -1.73. The van der Waals surface area contributed by atoms with Gasteiger partial charge in [-0.2, -0.15) is 0 Å². The molecule has 1 aromatic rings. The molecule has 1 saturated heterocycles. The Bertz CT molecular complexity index is 526. The highest BCUT2D eigenvalue weighted by atomic mass is 32.1. The SMILES string of the molecule is Cc1nc(C=CC(=O)N2C[C@H](O)C[C@H]2C(=O)O)cs1. The van der Waals surface area contributed by atoms with Crippen molar-refractivity contribution in [3.63, 3.8) is 0 Å². The molecule has 19 heavy (non-hydrogen) atoms. The van der Waals surface area contributed by atoms with Crippen LogP contribution in [0.3, 0.4) is 0 Å². The number of nitrogens with zero attached hydrogens (tertiary/aromatic N) is 2. The average molecular weight is 282 g/mol. The number of likely N-dealkylation sites (tertiary alicyclic amines) is 1. The monoisotopic (exact) mass is 282 g/mol. The number of hydrogen-bond acceptors (Lipinski definition) is 5. The van der Waals surface area contributed by atoms with Crippen molar-refractivity contribution in [3.8, 4) is 0 Å². The van der Waals surface area contributed by atoms with Crippen LogP contribution >= 0.6 is 11.3 Å². The summed E-state index contributed by atoms with van der Waals surface area (Å²) < 4.78 is 0. The third-order valence-electron chi connectivity index (χ3n) is 2.88. The first-order chi connectivity index (χ1) is 8.97. The molecule has 0 unspecified atom stereocenters. The molecule has 102 valence electrons. The number of aliphatic carboxylic acids is 1. The predicted octanol–water partition coefficient (Wildman–Crippen LogP) is 0.511. The van der Waals surface area contributed by atoms with Gasteiger partial charge in [0.25, 0.3) is 0 Å². The highest BCUT2D eigenvalue weighted by Crippen LogP contribution is 2.19. The Morgan fingerprint density at radius 2 is 2.32 bits per heavy atom. The second-order valence-corrected chi connectivity index (χ2v) is 5.42. The van der Waals surface area contributed by atoms with Crippen LogP contribution < -0.4 is 0 Å². The fourth-order valence-electron chi connectivity index (χ4n) is 2.00. The van der Waals surface area contributed by atoms with Crippen LogP contribution in [0.4, 0.5) is 0 Å². The van der Waals surface area contributed by atoms with Gasteiger partial charge in [-0.1, -0.05) is 0 Å². The van der Waals surface area contributed by atoms with Crippen molar-refractivity contribution in [2.45, 2.75) is 25.5 Å². The summed E-state index contributed by atoms with van der Waals surface area (Å²) in [7, 11) is 0. The first-order valence-corrected chi connectivity index (χ1v) is 6.67. The van der Waals surface area contributed by atoms with Crippen LogP contribution in [0.15, 0.2) is 11.5 Å². The molecule has 1 aromatic heterocycles. The Morgan fingerprint density at radius 1 is 1.58 bits per heavy atom. The fraction of sp³-hybridized carbons (Fsp3) is 0.417. The van der Waals surface area contributed by atoms with E-state index in [1.807, 2.05) is 12.3 Å². The van der Waals surface area contributed by atoms with Crippen molar-refractivity contribution in [1.82, 2.24) is 9.88 Å². The summed E-state index contributed by atoms with van der Waals surface area (Å²) in [6.07, 6.45) is 2.14. The molecular weight excluding hydrogens is 268 g/mol. The van der Waals surface area contributed by atoms with E-state index in [4.69, 9.17) is 5.11 Å². The van der Waals surface area contributed by atoms with E-state index in [1.54, 1.807) is 6.08 Å². The van der Waals surface area contributed by atoms with Crippen molar-refractivity contribution < 1.29 is 19.8 Å². The molecule has 0 saturated carbocycles. The number of aliphatic hydroxyl groups excluding tert-OH is 1. The molecule has 6 nitrogen and oxygen atoms in total. The zero-order chi connectivity index (χ0) is 14.0. The number of amides is 1. The molecule has 0 spiro atoms. The topological polar surface area (TPSA) is 90.7 Å². The number of thiazole rings is 1. The molecule has 0 aromatic carbocycles. The predicted molar refractivity (Wildman–Crippen MR) is 69.6 cm³/mol. The Labute approximate surface area is 114 Å². The van der Waals surface area contributed by atoms with Crippen LogP contribution in [0.2, 0.25) is 0 Å². The van der Waals surface area contributed by atoms with Crippen LogP contribution in [-0.2, 0) is 9.59 Å². The van der Waals surface area contributed by atoms with Gasteiger partial charge in [-0.15, -0.1) is 11.3 Å². The maximum atomic E-state index is 11.9. The summed E-state index contributed by atoms with van der Waals surface area (Å²) in [5.74, 6) is -1.52. The molecule has 0 bridgehead atoms. The van der Waals surface area contributed by atoms with E-state index in [9.17, 15) is 14.7 Å². The second kappa shape index (κ2) is 5.50. The standard InChI is InChI=1S/C12H14N2O4S/c1-7-13-8(6-19-7)2-3-11(16)14-5-9(15)4-10(14)12(17)18/h2-3,6,9-10,15H,4-5H2,1H3,(H,17,18)/t9-,10+/m1/s1. The highest BCUT2D eigenvalue weighted by Gasteiger charge is 2.37. The van der Waals surface area contributed by atoms with E-state index in [-0.39, 0.29) is 13.0 Å². The summed E-state index contributed by atoms with van der Waals surface area (Å²) in [6.45, 7) is 1.91. The number of carbonyl (C=O) groups excluding carboxylic acids is 1. The van der Waals surface area contributed by atoms with E-state index in [0.29, 0.717) is 5.69 Å². The maximum Gasteiger partial charge on any atom is 0.326 e.